The fraction of sp³-hybridized carbons (Fsp3) is 0.389. The molecule has 2 nitrogen and oxygen atoms in total. The summed E-state index contributed by atoms with van der Waals surface area (Å²) in [6.07, 6.45) is 5.11. The summed E-state index contributed by atoms with van der Waals surface area (Å²) in [4.78, 5) is 4.40. The standard InChI is InChI=1S/C18H24N2/c1-3-19-18(12-11-17-6-4-5-13-20-17)14-16-9-7-15(2)8-10-16/h4-10,13,18-19H,3,11-12,14H2,1-2H3. The van der Waals surface area contributed by atoms with Gasteiger partial charge in [0.1, 0.15) is 0 Å². The monoisotopic (exact) mass is 268 g/mol. The van der Waals surface area contributed by atoms with Gasteiger partial charge < -0.3 is 5.32 Å². The summed E-state index contributed by atoms with van der Waals surface area (Å²) in [5.41, 5.74) is 3.91. The van der Waals surface area contributed by atoms with Crippen molar-refractivity contribution in [3.05, 3.63) is 65.5 Å². The van der Waals surface area contributed by atoms with E-state index in [4.69, 9.17) is 0 Å². The van der Waals surface area contributed by atoms with Crippen molar-refractivity contribution in [2.24, 2.45) is 0 Å². The van der Waals surface area contributed by atoms with Crippen molar-refractivity contribution in [2.45, 2.75) is 39.2 Å². The second-order valence-corrected chi connectivity index (χ2v) is 5.30. The molecule has 1 atom stereocenters. The molecule has 1 N–H and O–H groups in total. The lowest BCUT2D eigenvalue weighted by Gasteiger charge is -2.18. The maximum Gasteiger partial charge on any atom is 0.0404 e. The Morgan fingerprint density at radius 2 is 1.90 bits per heavy atom. The van der Waals surface area contributed by atoms with Gasteiger partial charge in [-0.25, -0.2) is 0 Å². The molecule has 0 saturated carbocycles. The Labute approximate surface area is 122 Å². The third kappa shape index (κ3) is 4.78. The van der Waals surface area contributed by atoms with E-state index in [2.05, 4.69) is 60.5 Å². The second kappa shape index (κ2) is 7.81. The van der Waals surface area contributed by atoms with E-state index in [1.807, 2.05) is 12.3 Å². The normalized spacial score (nSPS) is 12.3. The van der Waals surface area contributed by atoms with E-state index >= 15 is 0 Å². The largest absolute Gasteiger partial charge is 0.314 e. The molecular weight excluding hydrogens is 244 g/mol. The molecule has 1 heterocycles. The summed E-state index contributed by atoms with van der Waals surface area (Å²) >= 11 is 0. The molecule has 2 heteroatoms. The van der Waals surface area contributed by atoms with Gasteiger partial charge in [0, 0.05) is 17.9 Å². The van der Waals surface area contributed by atoms with E-state index in [-0.39, 0.29) is 0 Å². The first kappa shape index (κ1) is 14.7. The van der Waals surface area contributed by atoms with Gasteiger partial charge in [-0.05, 0) is 50.4 Å². The molecule has 1 aromatic carbocycles. The zero-order chi connectivity index (χ0) is 14.2. The highest BCUT2D eigenvalue weighted by molar-refractivity contribution is 5.22. The number of pyridine rings is 1. The van der Waals surface area contributed by atoms with Crippen molar-refractivity contribution in [1.29, 1.82) is 0 Å². The number of nitrogens with one attached hydrogen (secondary N) is 1. The Morgan fingerprint density at radius 1 is 1.10 bits per heavy atom. The predicted octanol–water partition coefficient (Wildman–Crippen LogP) is 3.54. The predicted molar refractivity (Wildman–Crippen MR) is 84.9 cm³/mol. The molecule has 0 spiro atoms. The maximum atomic E-state index is 4.40. The van der Waals surface area contributed by atoms with Crippen molar-refractivity contribution in [3.8, 4) is 0 Å². The van der Waals surface area contributed by atoms with Crippen LogP contribution in [-0.4, -0.2) is 17.6 Å². The Morgan fingerprint density at radius 3 is 2.55 bits per heavy atom. The molecule has 0 bridgehead atoms. The van der Waals surface area contributed by atoms with Crippen LogP contribution in [0.1, 0.15) is 30.2 Å². The highest BCUT2D eigenvalue weighted by atomic mass is 14.9. The molecule has 0 radical (unpaired) electrons. The van der Waals surface area contributed by atoms with E-state index in [0.29, 0.717) is 6.04 Å². The molecule has 2 aromatic rings. The topological polar surface area (TPSA) is 24.9 Å². The van der Waals surface area contributed by atoms with Crippen molar-refractivity contribution in [1.82, 2.24) is 10.3 Å². The lowest BCUT2D eigenvalue weighted by molar-refractivity contribution is 0.489. The van der Waals surface area contributed by atoms with Crippen LogP contribution >= 0.6 is 0 Å². The van der Waals surface area contributed by atoms with Gasteiger partial charge in [-0.3, -0.25) is 4.98 Å². The van der Waals surface area contributed by atoms with E-state index in [0.717, 1.165) is 25.8 Å². The first-order valence-corrected chi connectivity index (χ1v) is 7.46. The quantitative estimate of drug-likeness (QED) is 0.830. The van der Waals surface area contributed by atoms with Gasteiger partial charge >= 0.3 is 0 Å². The van der Waals surface area contributed by atoms with Crippen LogP contribution in [0.25, 0.3) is 0 Å². The second-order valence-electron chi connectivity index (χ2n) is 5.30. The molecule has 0 aliphatic heterocycles. The van der Waals surface area contributed by atoms with Crippen LogP contribution in [0.4, 0.5) is 0 Å². The van der Waals surface area contributed by atoms with Crippen LogP contribution in [-0.2, 0) is 12.8 Å². The molecule has 0 saturated heterocycles. The van der Waals surface area contributed by atoms with E-state index in [1.54, 1.807) is 0 Å². The van der Waals surface area contributed by atoms with Gasteiger partial charge in [0.05, 0.1) is 0 Å². The smallest absolute Gasteiger partial charge is 0.0404 e. The fourth-order valence-corrected chi connectivity index (χ4v) is 2.44. The number of benzene rings is 1. The number of likely N-dealkylation sites (N-methyl/N-ethyl adjacent to an activating group) is 1. The summed E-state index contributed by atoms with van der Waals surface area (Å²) < 4.78 is 0. The van der Waals surface area contributed by atoms with Gasteiger partial charge in [-0.2, -0.15) is 0 Å². The van der Waals surface area contributed by atoms with Gasteiger partial charge in [-0.1, -0.05) is 42.8 Å². The molecule has 0 amide bonds. The molecule has 1 unspecified atom stereocenters. The summed E-state index contributed by atoms with van der Waals surface area (Å²) in [6.45, 7) is 5.31. The first-order chi connectivity index (χ1) is 9.78. The maximum absolute atomic E-state index is 4.40. The van der Waals surface area contributed by atoms with Gasteiger partial charge in [0.25, 0.3) is 0 Å². The van der Waals surface area contributed by atoms with Crippen molar-refractivity contribution in [2.75, 3.05) is 6.54 Å². The Kier molecular flexibility index (Phi) is 5.75. The first-order valence-electron chi connectivity index (χ1n) is 7.46. The third-order valence-corrected chi connectivity index (χ3v) is 3.57. The van der Waals surface area contributed by atoms with E-state index in [9.17, 15) is 0 Å². The number of hydrogen-bond acceptors (Lipinski definition) is 2. The van der Waals surface area contributed by atoms with Crippen LogP contribution in [0.5, 0.6) is 0 Å². The molecule has 0 aliphatic rings. The van der Waals surface area contributed by atoms with E-state index < -0.39 is 0 Å². The van der Waals surface area contributed by atoms with Crippen molar-refractivity contribution >= 4 is 0 Å². The lowest BCUT2D eigenvalue weighted by atomic mass is 10.00. The van der Waals surface area contributed by atoms with Gasteiger partial charge in [-0.15, -0.1) is 0 Å². The van der Waals surface area contributed by atoms with Crippen LogP contribution in [0, 0.1) is 6.92 Å². The van der Waals surface area contributed by atoms with Crippen LogP contribution < -0.4 is 5.32 Å². The Hall–Kier alpha value is -1.67. The molecule has 106 valence electrons. The zero-order valence-electron chi connectivity index (χ0n) is 12.5. The molecule has 20 heavy (non-hydrogen) atoms. The number of nitrogens with zero attached hydrogens (tertiary/aromatic N) is 1. The number of hydrogen-bond donors (Lipinski definition) is 1. The summed E-state index contributed by atoms with van der Waals surface area (Å²) in [6, 6.07) is 15.5. The summed E-state index contributed by atoms with van der Waals surface area (Å²) in [5, 5.41) is 3.59. The minimum absolute atomic E-state index is 0.518. The highest BCUT2D eigenvalue weighted by Crippen LogP contribution is 2.10. The average Bonchev–Trinajstić information content (AvgIpc) is 2.48. The van der Waals surface area contributed by atoms with E-state index in [1.165, 1.54) is 16.8 Å². The van der Waals surface area contributed by atoms with Gasteiger partial charge in [0.15, 0.2) is 0 Å². The third-order valence-electron chi connectivity index (χ3n) is 3.57. The average molecular weight is 268 g/mol. The number of aromatic nitrogens is 1. The summed E-state index contributed by atoms with van der Waals surface area (Å²) in [7, 11) is 0. The Balaban J connectivity index is 1.91. The Bertz CT molecular complexity index is 491. The SMILES string of the molecule is CCNC(CCc1ccccn1)Cc1ccc(C)cc1. The van der Waals surface area contributed by atoms with Crippen molar-refractivity contribution < 1.29 is 0 Å². The van der Waals surface area contributed by atoms with Crippen molar-refractivity contribution in [3.63, 3.8) is 0 Å². The molecule has 0 fully saturated rings. The molecule has 0 aliphatic carbocycles. The number of rotatable bonds is 7. The molecular formula is C18H24N2. The van der Waals surface area contributed by atoms with Crippen LogP contribution in [0.3, 0.4) is 0 Å². The van der Waals surface area contributed by atoms with Crippen LogP contribution in [0.15, 0.2) is 48.7 Å². The minimum Gasteiger partial charge on any atom is -0.314 e. The molecule has 2 rings (SSSR count). The number of aryl methyl sites for hydroxylation is 2. The van der Waals surface area contributed by atoms with Gasteiger partial charge in [0.2, 0.25) is 0 Å². The minimum atomic E-state index is 0.518. The lowest BCUT2D eigenvalue weighted by Crippen LogP contribution is -2.31. The molecule has 1 aromatic heterocycles. The highest BCUT2D eigenvalue weighted by Gasteiger charge is 2.09. The zero-order valence-corrected chi connectivity index (χ0v) is 12.5. The van der Waals surface area contributed by atoms with Crippen LogP contribution in [0.2, 0.25) is 0 Å². The fourth-order valence-electron chi connectivity index (χ4n) is 2.44. The summed E-state index contributed by atoms with van der Waals surface area (Å²) in [5.74, 6) is 0.